The van der Waals surface area contributed by atoms with Crippen LogP contribution in [0.3, 0.4) is 0 Å². The van der Waals surface area contributed by atoms with Crippen LogP contribution in [0.25, 0.3) is 56.2 Å². The van der Waals surface area contributed by atoms with E-state index in [-0.39, 0.29) is 23.8 Å². The maximum absolute atomic E-state index is 13.5. The van der Waals surface area contributed by atoms with Crippen molar-refractivity contribution in [3.05, 3.63) is 88.5 Å². The number of fused-ring (bicyclic) bond motifs is 2. The molecule has 0 bridgehead atoms. The molecule has 8 rings (SSSR count). The summed E-state index contributed by atoms with van der Waals surface area (Å²) >= 11 is 0. The number of carboxylic acid groups (broad SMARTS) is 1. The van der Waals surface area contributed by atoms with Gasteiger partial charge in [-0.15, -0.1) is 0 Å². The van der Waals surface area contributed by atoms with Crippen molar-refractivity contribution in [1.82, 2.24) is 19.8 Å². The molecule has 2 aliphatic rings. The predicted molar refractivity (Wildman–Crippen MR) is 195 cm³/mol. The summed E-state index contributed by atoms with van der Waals surface area (Å²) in [6.07, 6.45) is -1.19. The molecule has 282 valence electrons. The lowest BCUT2D eigenvalue weighted by molar-refractivity contribution is -0.142. The predicted octanol–water partition coefficient (Wildman–Crippen LogP) is 8.81. The molecule has 0 spiro atoms. The van der Waals surface area contributed by atoms with E-state index in [4.69, 9.17) is 23.5 Å². The van der Waals surface area contributed by atoms with Gasteiger partial charge in [-0.25, -0.2) is 18.7 Å². The molecule has 2 fully saturated rings. The highest BCUT2D eigenvalue weighted by atomic mass is 19.3. The topological polar surface area (TPSA) is 129 Å². The van der Waals surface area contributed by atoms with Gasteiger partial charge in [-0.3, -0.25) is 14.6 Å². The first-order valence-corrected chi connectivity index (χ1v) is 17.9. The summed E-state index contributed by atoms with van der Waals surface area (Å²) < 4.78 is 70.2. The Bertz CT molecular complexity index is 2490. The zero-order chi connectivity index (χ0) is 38.5. The van der Waals surface area contributed by atoms with E-state index < -0.39 is 31.0 Å². The normalized spacial score (nSPS) is 16.7. The maximum Gasteiger partial charge on any atom is 0.387 e. The lowest BCUT2D eigenvalue weighted by atomic mass is 9.91. The summed E-state index contributed by atoms with van der Waals surface area (Å²) in [5.41, 5.74) is 7.86. The van der Waals surface area contributed by atoms with Gasteiger partial charge < -0.3 is 18.7 Å². The van der Waals surface area contributed by atoms with Crippen molar-refractivity contribution in [2.75, 3.05) is 19.6 Å². The third-order valence-corrected chi connectivity index (χ3v) is 10.6. The molecule has 1 N–H and O–H groups in total. The van der Waals surface area contributed by atoms with E-state index in [9.17, 15) is 32.7 Å². The number of nitrogens with zero attached hydrogens (tertiary/aromatic N) is 5. The molecule has 10 nitrogen and oxygen atoms in total. The van der Waals surface area contributed by atoms with Crippen molar-refractivity contribution in [2.24, 2.45) is 5.92 Å². The van der Waals surface area contributed by atoms with Crippen LogP contribution in [-0.2, 0) is 17.9 Å². The van der Waals surface area contributed by atoms with Gasteiger partial charge >= 0.3 is 12.6 Å². The number of ether oxygens (including phenoxy) is 1. The number of rotatable bonds is 11. The van der Waals surface area contributed by atoms with E-state index in [1.165, 1.54) is 6.07 Å². The summed E-state index contributed by atoms with van der Waals surface area (Å²) in [5.74, 6) is -1.09. The molecule has 0 unspecified atom stereocenters. The lowest BCUT2D eigenvalue weighted by Gasteiger charge is -2.38. The maximum atomic E-state index is 13.5. The third-order valence-electron chi connectivity index (χ3n) is 10.6. The van der Waals surface area contributed by atoms with Crippen molar-refractivity contribution in [3.63, 3.8) is 0 Å². The van der Waals surface area contributed by atoms with Crippen LogP contribution in [0.4, 0.5) is 17.6 Å². The Hall–Kier alpha value is -5.78. The average molecular weight is 754 g/mol. The van der Waals surface area contributed by atoms with E-state index in [0.717, 1.165) is 33.4 Å². The highest BCUT2D eigenvalue weighted by molar-refractivity contribution is 5.86. The molecule has 14 heteroatoms. The third kappa shape index (κ3) is 6.90. The fourth-order valence-corrected chi connectivity index (χ4v) is 7.81. The number of hydrogen-bond donors (Lipinski definition) is 1. The second-order valence-corrected chi connectivity index (χ2v) is 14.2. The number of carboxylic acids is 1. The Balaban J connectivity index is 1.11. The Morgan fingerprint density at radius 3 is 2.22 bits per heavy atom. The van der Waals surface area contributed by atoms with Gasteiger partial charge in [-0.05, 0) is 91.4 Å². The van der Waals surface area contributed by atoms with Crippen LogP contribution in [-0.4, -0.2) is 69.6 Å². The molecule has 2 saturated heterocycles. The van der Waals surface area contributed by atoms with Crippen LogP contribution in [0, 0.1) is 31.1 Å². The summed E-state index contributed by atoms with van der Waals surface area (Å²) in [7, 11) is 0. The van der Waals surface area contributed by atoms with Crippen LogP contribution in [0.1, 0.15) is 40.7 Å². The lowest BCUT2D eigenvalue weighted by Crippen LogP contribution is -2.49. The minimum atomic E-state index is -3.09. The highest BCUT2D eigenvalue weighted by Crippen LogP contribution is 2.39. The first kappa shape index (κ1) is 36.2. The minimum Gasteiger partial charge on any atom is -0.480 e. The SMILES string of the molecule is Cc1c(-c2nc3cc(CN4CCC[C@H]4C(=O)O)c(OC(F)F)cc3o2)cccc1-c1cccc(-c2nc3cc(CN4CC(C(F)F)C4)cc(C#N)c3o2)c1C. The molecule has 0 saturated carbocycles. The first-order chi connectivity index (χ1) is 26.5. The van der Waals surface area contributed by atoms with Gasteiger partial charge in [0.25, 0.3) is 0 Å². The number of halogens is 4. The molecule has 55 heavy (non-hydrogen) atoms. The standard InChI is InChI=1S/C41H35F4N5O5/c1-21-27(6-3-8-29(21)38-47-31-14-25(20-50-11-5-10-33(50)40(51)52)34(54-41(44)45)15-35(31)53-38)28-7-4-9-30(22(28)2)39-48-32-13-23(12-24(16-46)36(32)55-39)17-49-18-26(19-49)37(42)43/h3-4,6-9,12-15,26,33,37,41H,5,10-11,17-20H2,1-2H3,(H,51,52)/t33-/m0/s1. The number of carbonyl (C=O) groups is 1. The van der Waals surface area contributed by atoms with Crippen LogP contribution in [0.2, 0.25) is 0 Å². The van der Waals surface area contributed by atoms with Gasteiger partial charge in [0, 0.05) is 54.9 Å². The largest absolute Gasteiger partial charge is 0.480 e. The molecular weight excluding hydrogens is 718 g/mol. The zero-order valence-electron chi connectivity index (χ0n) is 29.9. The summed E-state index contributed by atoms with van der Waals surface area (Å²) in [5, 5.41) is 19.6. The summed E-state index contributed by atoms with van der Waals surface area (Å²) in [6, 6.07) is 19.5. The number of aromatic nitrogens is 2. The molecule has 2 aromatic heterocycles. The van der Waals surface area contributed by atoms with Crippen molar-refractivity contribution in [1.29, 1.82) is 5.26 Å². The van der Waals surface area contributed by atoms with Crippen LogP contribution >= 0.6 is 0 Å². The van der Waals surface area contributed by atoms with Gasteiger partial charge in [0.2, 0.25) is 18.2 Å². The van der Waals surface area contributed by atoms with Crippen LogP contribution in [0.15, 0.2) is 69.5 Å². The molecular formula is C41H35F4N5O5. The second-order valence-electron chi connectivity index (χ2n) is 14.2. The molecule has 0 aliphatic carbocycles. The molecule has 4 aromatic carbocycles. The van der Waals surface area contributed by atoms with Crippen molar-refractivity contribution < 1.29 is 41.0 Å². The van der Waals surface area contributed by atoms with Gasteiger partial charge in [0.05, 0.1) is 5.56 Å². The first-order valence-electron chi connectivity index (χ1n) is 17.9. The number of alkyl halides is 4. The van der Waals surface area contributed by atoms with E-state index in [2.05, 4.69) is 6.07 Å². The monoisotopic (exact) mass is 753 g/mol. The van der Waals surface area contributed by atoms with Crippen LogP contribution < -0.4 is 4.74 Å². The van der Waals surface area contributed by atoms with E-state index >= 15 is 0 Å². The molecule has 1 atom stereocenters. The Morgan fingerprint density at radius 1 is 0.927 bits per heavy atom. The number of likely N-dealkylation sites (tertiary alicyclic amines) is 2. The quantitative estimate of drug-likeness (QED) is 0.128. The number of oxazole rings is 2. The zero-order valence-corrected chi connectivity index (χ0v) is 29.9. The van der Waals surface area contributed by atoms with Gasteiger partial charge in [-0.2, -0.15) is 14.0 Å². The van der Waals surface area contributed by atoms with E-state index in [1.54, 1.807) is 17.0 Å². The molecule has 2 aliphatic heterocycles. The Kier molecular flexibility index (Phi) is 9.52. The van der Waals surface area contributed by atoms with Gasteiger partial charge in [-0.1, -0.05) is 24.3 Å². The van der Waals surface area contributed by atoms with Crippen LogP contribution in [0.5, 0.6) is 5.75 Å². The Labute approximate surface area is 312 Å². The molecule has 0 amide bonds. The fraction of sp³-hybridized carbons (Fsp3) is 0.317. The number of aliphatic carboxylic acids is 1. The smallest absolute Gasteiger partial charge is 0.387 e. The molecule has 4 heterocycles. The highest BCUT2D eigenvalue weighted by Gasteiger charge is 2.34. The number of nitriles is 1. The fourth-order valence-electron chi connectivity index (χ4n) is 7.81. The Morgan fingerprint density at radius 2 is 1.58 bits per heavy atom. The second kappa shape index (κ2) is 14.5. The van der Waals surface area contributed by atoms with E-state index in [0.29, 0.717) is 78.2 Å². The van der Waals surface area contributed by atoms with E-state index in [1.807, 2.05) is 61.2 Å². The number of benzene rings is 4. The van der Waals surface area contributed by atoms with Gasteiger partial charge in [0.15, 0.2) is 11.2 Å². The molecule has 0 radical (unpaired) electrons. The molecule has 6 aromatic rings. The average Bonchev–Trinajstić information content (AvgIpc) is 3.88. The number of hydrogen-bond acceptors (Lipinski definition) is 9. The van der Waals surface area contributed by atoms with Crippen molar-refractivity contribution in [3.8, 4) is 45.9 Å². The van der Waals surface area contributed by atoms with Crippen molar-refractivity contribution >= 4 is 28.2 Å². The summed E-state index contributed by atoms with van der Waals surface area (Å²) in [4.78, 5) is 24.9. The van der Waals surface area contributed by atoms with Crippen molar-refractivity contribution in [2.45, 2.75) is 58.9 Å². The summed E-state index contributed by atoms with van der Waals surface area (Å²) in [6.45, 7) is 2.44. The van der Waals surface area contributed by atoms with Gasteiger partial charge in [0.1, 0.15) is 28.9 Å². The minimum absolute atomic E-state index is 0.100.